The van der Waals surface area contributed by atoms with E-state index in [2.05, 4.69) is 0 Å². The quantitative estimate of drug-likeness (QED) is 0.714. The molecule has 0 saturated carbocycles. The number of hydrogen-bond donors (Lipinski definition) is 1. The first-order chi connectivity index (χ1) is 5.24. The minimum absolute atomic E-state index is 0.145. The fourth-order valence-corrected chi connectivity index (χ4v) is 0.914. The molecule has 0 unspecified atom stereocenters. The first kappa shape index (κ1) is 8.30. The van der Waals surface area contributed by atoms with Crippen molar-refractivity contribution in [2.24, 2.45) is 5.73 Å². The molecule has 0 fully saturated rings. The second-order valence-electron chi connectivity index (χ2n) is 2.51. The van der Waals surface area contributed by atoms with Crippen LogP contribution in [0.1, 0.15) is 17.6 Å². The molecule has 62 valence electrons. The number of aryl methyl sites for hydroxylation is 1. The fraction of sp³-hybridized carbons (Fsp3) is 0.500. The molecule has 3 nitrogen and oxygen atoms in total. The van der Waals surface area contributed by atoms with Crippen molar-refractivity contribution >= 4 is 0 Å². The summed E-state index contributed by atoms with van der Waals surface area (Å²) in [6.45, 7) is 2.38. The third kappa shape index (κ3) is 2.06. The zero-order valence-corrected chi connectivity index (χ0v) is 6.83. The van der Waals surface area contributed by atoms with Gasteiger partial charge in [0.05, 0.1) is 12.6 Å². The predicted molar refractivity (Wildman–Crippen MR) is 42.2 cm³/mol. The maximum absolute atomic E-state index is 5.70. The summed E-state index contributed by atoms with van der Waals surface area (Å²) in [5, 5.41) is 0. The van der Waals surface area contributed by atoms with Crippen molar-refractivity contribution in [3.05, 3.63) is 23.7 Å². The summed E-state index contributed by atoms with van der Waals surface area (Å²) in [5.41, 5.74) is 5.70. The monoisotopic (exact) mass is 155 g/mol. The topological polar surface area (TPSA) is 48.4 Å². The zero-order chi connectivity index (χ0) is 8.27. The molecule has 0 spiro atoms. The Hall–Kier alpha value is -0.800. The Balaban J connectivity index is 2.60. The minimum atomic E-state index is -0.145. The summed E-state index contributed by atoms with van der Waals surface area (Å²) in [7, 11) is 1.62. The van der Waals surface area contributed by atoms with Crippen LogP contribution in [0.15, 0.2) is 16.5 Å². The first-order valence-electron chi connectivity index (χ1n) is 3.55. The number of hydrogen-bond acceptors (Lipinski definition) is 3. The Bertz CT molecular complexity index is 220. The Morgan fingerprint density at radius 3 is 2.82 bits per heavy atom. The van der Waals surface area contributed by atoms with Crippen LogP contribution in [-0.2, 0) is 4.74 Å². The molecule has 0 saturated heterocycles. The molecule has 0 aliphatic rings. The first-order valence-corrected chi connectivity index (χ1v) is 3.55. The number of nitrogens with two attached hydrogens (primary N) is 1. The number of methoxy groups -OCH3 is 1. The molecule has 0 aliphatic carbocycles. The van der Waals surface area contributed by atoms with E-state index in [4.69, 9.17) is 14.9 Å². The van der Waals surface area contributed by atoms with Gasteiger partial charge in [-0.3, -0.25) is 0 Å². The van der Waals surface area contributed by atoms with Crippen LogP contribution in [0, 0.1) is 6.92 Å². The van der Waals surface area contributed by atoms with E-state index in [1.165, 1.54) is 0 Å². The van der Waals surface area contributed by atoms with Crippen molar-refractivity contribution in [1.29, 1.82) is 0 Å². The highest BCUT2D eigenvalue weighted by Gasteiger charge is 2.08. The van der Waals surface area contributed by atoms with E-state index in [0.29, 0.717) is 6.61 Å². The number of ether oxygens (including phenoxy) is 1. The second-order valence-corrected chi connectivity index (χ2v) is 2.51. The molecule has 1 heterocycles. The molecule has 0 radical (unpaired) electrons. The largest absolute Gasteiger partial charge is 0.465 e. The molecule has 2 N–H and O–H groups in total. The van der Waals surface area contributed by atoms with Crippen molar-refractivity contribution in [2.75, 3.05) is 13.7 Å². The van der Waals surface area contributed by atoms with Gasteiger partial charge in [0.2, 0.25) is 0 Å². The van der Waals surface area contributed by atoms with Crippen LogP contribution in [-0.4, -0.2) is 13.7 Å². The van der Waals surface area contributed by atoms with Crippen LogP contribution in [0.2, 0.25) is 0 Å². The fourth-order valence-electron chi connectivity index (χ4n) is 0.914. The van der Waals surface area contributed by atoms with E-state index >= 15 is 0 Å². The van der Waals surface area contributed by atoms with Gasteiger partial charge in [-0.25, -0.2) is 0 Å². The van der Waals surface area contributed by atoms with Crippen LogP contribution >= 0.6 is 0 Å². The van der Waals surface area contributed by atoms with Gasteiger partial charge in [0.15, 0.2) is 0 Å². The Labute approximate surface area is 66.1 Å². The van der Waals surface area contributed by atoms with Crippen molar-refractivity contribution in [2.45, 2.75) is 13.0 Å². The van der Waals surface area contributed by atoms with Gasteiger partial charge in [-0.2, -0.15) is 0 Å². The van der Waals surface area contributed by atoms with E-state index in [-0.39, 0.29) is 6.04 Å². The Morgan fingerprint density at radius 1 is 1.64 bits per heavy atom. The molecule has 11 heavy (non-hydrogen) atoms. The van der Waals surface area contributed by atoms with Crippen molar-refractivity contribution in [3.8, 4) is 0 Å². The van der Waals surface area contributed by atoms with Crippen molar-refractivity contribution < 1.29 is 9.15 Å². The third-order valence-corrected chi connectivity index (χ3v) is 1.47. The lowest BCUT2D eigenvalue weighted by atomic mass is 10.2. The molecule has 0 aromatic carbocycles. The second kappa shape index (κ2) is 3.55. The van der Waals surface area contributed by atoms with Crippen LogP contribution in [0.4, 0.5) is 0 Å². The molecule has 1 rings (SSSR count). The Kier molecular flexibility index (Phi) is 2.68. The third-order valence-electron chi connectivity index (χ3n) is 1.47. The highest BCUT2D eigenvalue weighted by molar-refractivity contribution is 5.08. The molecule has 0 amide bonds. The number of furan rings is 1. The molecular formula is C8H13NO2. The van der Waals surface area contributed by atoms with Crippen LogP contribution in [0.5, 0.6) is 0 Å². The van der Waals surface area contributed by atoms with Gasteiger partial charge in [-0.1, -0.05) is 0 Å². The summed E-state index contributed by atoms with van der Waals surface area (Å²) in [5.74, 6) is 1.66. The maximum atomic E-state index is 5.70. The molecule has 3 heteroatoms. The molecule has 0 aliphatic heterocycles. The zero-order valence-electron chi connectivity index (χ0n) is 6.83. The average molecular weight is 155 g/mol. The van der Waals surface area contributed by atoms with Gasteiger partial charge in [0.1, 0.15) is 11.5 Å². The van der Waals surface area contributed by atoms with E-state index in [0.717, 1.165) is 11.5 Å². The lowest BCUT2D eigenvalue weighted by Gasteiger charge is -2.05. The van der Waals surface area contributed by atoms with Crippen molar-refractivity contribution in [1.82, 2.24) is 0 Å². The molecule has 0 bridgehead atoms. The van der Waals surface area contributed by atoms with Gasteiger partial charge in [-0.15, -0.1) is 0 Å². The summed E-state index contributed by atoms with van der Waals surface area (Å²) < 4.78 is 10.2. The smallest absolute Gasteiger partial charge is 0.123 e. The van der Waals surface area contributed by atoms with E-state index in [1.54, 1.807) is 7.11 Å². The highest BCUT2D eigenvalue weighted by atomic mass is 16.5. The lowest BCUT2D eigenvalue weighted by Crippen LogP contribution is -2.15. The van der Waals surface area contributed by atoms with Gasteiger partial charge < -0.3 is 14.9 Å². The van der Waals surface area contributed by atoms with Gasteiger partial charge in [0, 0.05) is 7.11 Å². The summed E-state index contributed by atoms with van der Waals surface area (Å²) in [6, 6.07) is 3.62. The minimum Gasteiger partial charge on any atom is -0.465 e. The normalized spacial score (nSPS) is 13.4. The molecule has 1 aromatic heterocycles. The Morgan fingerprint density at radius 2 is 2.36 bits per heavy atom. The van der Waals surface area contributed by atoms with Crippen LogP contribution in [0.25, 0.3) is 0 Å². The molecule has 1 aromatic rings. The maximum Gasteiger partial charge on any atom is 0.123 e. The molecule has 1 atom stereocenters. The summed E-state index contributed by atoms with van der Waals surface area (Å²) in [6.07, 6.45) is 0. The van der Waals surface area contributed by atoms with Crippen LogP contribution in [0.3, 0.4) is 0 Å². The average Bonchev–Trinajstić information content (AvgIpc) is 2.36. The van der Waals surface area contributed by atoms with E-state index < -0.39 is 0 Å². The standard InChI is InChI=1S/C8H13NO2/c1-6-3-4-8(11-6)7(9)5-10-2/h3-4,7H,5,9H2,1-2H3/t7-/m0/s1. The van der Waals surface area contributed by atoms with Gasteiger partial charge in [0.25, 0.3) is 0 Å². The summed E-state index contributed by atoms with van der Waals surface area (Å²) >= 11 is 0. The van der Waals surface area contributed by atoms with Crippen LogP contribution < -0.4 is 5.73 Å². The van der Waals surface area contributed by atoms with Gasteiger partial charge in [-0.05, 0) is 19.1 Å². The van der Waals surface area contributed by atoms with E-state index in [9.17, 15) is 0 Å². The molecular weight excluding hydrogens is 142 g/mol. The number of rotatable bonds is 3. The predicted octanol–water partition coefficient (Wildman–Crippen LogP) is 1.23. The van der Waals surface area contributed by atoms with E-state index in [1.807, 2.05) is 19.1 Å². The van der Waals surface area contributed by atoms with Gasteiger partial charge >= 0.3 is 0 Å². The highest BCUT2D eigenvalue weighted by Crippen LogP contribution is 2.13. The van der Waals surface area contributed by atoms with Crippen molar-refractivity contribution in [3.63, 3.8) is 0 Å². The summed E-state index contributed by atoms with van der Waals surface area (Å²) in [4.78, 5) is 0. The lowest BCUT2D eigenvalue weighted by molar-refractivity contribution is 0.172. The SMILES string of the molecule is COC[C@H](N)c1ccc(C)o1.